The molecule has 0 unspecified atom stereocenters. The van der Waals surface area contributed by atoms with Crippen LogP contribution in [0.5, 0.6) is 0 Å². The molecule has 5 rings (SSSR count). The first-order chi connectivity index (χ1) is 11.6. The highest BCUT2D eigenvalue weighted by atomic mass is 27.0. The van der Waals surface area contributed by atoms with Crippen LogP contribution in [0.25, 0.3) is 27.5 Å². The van der Waals surface area contributed by atoms with Gasteiger partial charge in [-0.3, -0.25) is 0 Å². The van der Waals surface area contributed by atoms with E-state index < -0.39 is 0 Å². The van der Waals surface area contributed by atoms with Crippen LogP contribution in [0, 0.1) is 6.92 Å². The molecule has 0 atom stereocenters. The molecular formula is C23H21Al. The Hall–Kier alpha value is -1.81. The molecule has 24 heavy (non-hydrogen) atoms. The smallest absolute Gasteiger partial charge is 0.117 e. The first-order valence-electron chi connectivity index (χ1n) is 8.90. The molecule has 3 aromatic carbocycles. The Bertz CT molecular complexity index is 1080. The maximum atomic E-state index is 2.38. The number of aryl methyl sites for hydroxylation is 1. The van der Waals surface area contributed by atoms with E-state index in [-0.39, 0.29) is 0 Å². The molecule has 2 aliphatic rings. The van der Waals surface area contributed by atoms with E-state index in [2.05, 4.69) is 57.2 Å². The number of allylic oxidation sites excluding steroid dienone is 2. The Morgan fingerprint density at radius 3 is 2.12 bits per heavy atom. The average molecular weight is 324 g/mol. The van der Waals surface area contributed by atoms with E-state index in [1.165, 1.54) is 65.3 Å². The van der Waals surface area contributed by atoms with E-state index in [1.807, 2.05) is 0 Å². The highest BCUT2D eigenvalue weighted by Gasteiger charge is 2.29. The third kappa shape index (κ3) is 1.75. The maximum Gasteiger partial charge on any atom is 0.259 e. The molecule has 0 aromatic heterocycles. The summed E-state index contributed by atoms with van der Waals surface area (Å²) in [6, 6.07) is 14.1. The minimum absolute atomic E-state index is 1.09. The fourth-order valence-electron chi connectivity index (χ4n) is 4.71. The van der Waals surface area contributed by atoms with Gasteiger partial charge in [-0.1, -0.05) is 47.5 Å². The second-order valence-electron chi connectivity index (χ2n) is 7.60. The van der Waals surface area contributed by atoms with Crippen LogP contribution in [0.15, 0.2) is 42.0 Å². The lowest BCUT2D eigenvalue weighted by Crippen LogP contribution is -2.07. The first-order valence-corrected chi connectivity index (χ1v) is 9.90. The Kier molecular flexibility index (Phi) is 2.94. The molecule has 0 spiro atoms. The molecule has 0 heterocycles. The summed E-state index contributed by atoms with van der Waals surface area (Å²) >= 11 is 1.11. The zero-order valence-electron chi connectivity index (χ0n) is 14.9. The number of benzene rings is 3. The van der Waals surface area contributed by atoms with Crippen molar-refractivity contribution >= 4 is 37.1 Å². The van der Waals surface area contributed by atoms with Crippen molar-refractivity contribution in [3.05, 3.63) is 69.8 Å². The van der Waals surface area contributed by atoms with Crippen molar-refractivity contribution in [2.75, 3.05) is 0 Å². The van der Waals surface area contributed by atoms with Crippen LogP contribution in [0.2, 0.25) is 0 Å². The van der Waals surface area contributed by atoms with Crippen LogP contribution in [-0.2, 0) is 12.8 Å². The van der Waals surface area contributed by atoms with Gasteiger partial charge in [0.15, 0.2) is 0 Å². The summed E-state index contributed by atoms with van der Waals surface area (Å²) in [5.74, 6) is 0. The Morgan fingerprint density at radius 1 is 0.708 bits per heavy atom. The second-order valence-corrected chi connectivity index (χ2v) is 8.68. The Balaban J connectivity index is 1.97. The molecular weight excluding hydrogens is 303 g/mol. The highest BCUT2D eigenvalue weighted by Crippen LogP contribution is 2.49. The van der Waals surface area contributed by atoms with Crippen LogP contribution in [0.1, 0.15) is 41.7 Å². The summed E-state index contributed by atoms with van der Waals surface area (Å²) in [6.07, 6.45) is 2.21. The van der Waals surface area contributed by atoms with Crippen molar-refractivity contribution in [3.8, 4) is 11.1 Å². The van der Waals surface area contributed by atoms with E-state index in [1.54, 1.807) is 0 Å². The van der Waals surface area contributed by atoms with Gasteiger partial charge in [0.2, 0.25) is 0 Å². The first kappa shape index (κ1) is 14.5. The van der Waals surface area contributed by atoms with Gasteiger partial charge < -0.3 is 0 Å². The summed E-state index contributed by atoms with van der Waals surface area (Å²) in [6.45, 7) is 6.93. The molecule has 0 radical (unpaired) electrons. The molecule has 0 amide bonds. The fraction of sp³-hybridized carbons (Fsp3) is 0.217. The molecule has 116 valence electrons. The SMILES string of the molecule is CC1=C(C)c2c(ccc3c2-c2c(ccc4cc[c]([AlH2])c(C)c24)C3)C1. The van der Waals surface area contributed by atoms with Gasteiger partial charge in [0, 0.05) is 0 Å². The van der Waals surface area contributed by atoms with E-state index >= 15 is 0 Å². The Morgan fingerprint density at radius 2 is 1.33 bits per heavy atom. The number of hydrogen-bond acceptors (Lipinski definition) is 0. The number of fused-ring (bicyclic) bond motifs is 7. The van der Waals surface area contributed by atoms with Crippen LogP contribution in [0.4, 0.5) is 0 Å². The minimum atomic E-state index is 1.09. The van der Waals surface area contributed by atoms with Gasteiger partial charge in [-0.25, -0.2) is 0 Å². The molecule has 0 nitrogen and oxygen atoms in total. The molecule has 3 aromatic rings. The van der Waals surface area contributed by atoms with E-state index in [9.17, 15) is 0 Å². The number of rotatable bonds is 0. The monoisotopic (exact) mass is 324 g/mol. The van der Waals surface area contributed by atoms with Crippen molar-refractivity contribution in [1.82, 2.24) is 0 Å². The molecule has 0 saturated carbocycles. The van der Waals surface area contributed by atoms with Gasteiger partial charge >= 0.3 is 0 Å². The van der Waals surface area contributed by atoms with E-state index in [0.29, 0.717) is 0 Å². The quantitative estimate of drug-likeness (QED) is 0.422. The Labute approximate surface area is 151 Å². The molecule has 0 aliphatic heterocycles. The van der Waals surface area contributed by atoms with Gasteiger partial charge in [-0.2, -0.15) is 0 Å². The van der Waals surface area contributed by atoms with Gasteiger partial charge in [-0.15, -0.1) is 4.43 Å². The minimum Gasteiger partial charge on any atom is -0.117 e. The average Bonchev–Trinajstić information content (AvgIpc) is 3.08. The predicted octanol–water partition coefficient (Wildman–Crippen LogP) is 4.33. The van der Waals surface area contributed by atoms with Gasteiger partial charge in [-0.05, 0) is 83.3 Å². The normalized spacial score (nSPS) is 15.0. The van der Waals surface area contributed by atoms with Gasteiger partial charge in [0.05, 0.1) is 0 Å². The van der Waals surface area contributed by atoms with Crippen LogP contribution in [0.3, 0.4) is 0 Å². The third-order valence-corrected chi connectivity index (χ3v) is 7.37. The van der Waals surface area contributed by atoms with Crippen LogP contribution >= 0.6 is 0 Å². The number of hydrogen-bond donors (Lipinski definition) is 0. The largest absolute Gasteiger partial charge is 0.259 e. The second kappa shape index (κ2) is 4.85. The van der Waals surface area contributed by atoms with Crippen molar-refractivity contribution in [2.24, 2.45) is 0 Å². The van der Waals surface area contributed by atoms with Crippen molar-refractivity contribution in [3.63, 3.8) is 0 Å². The zero-order chi connectivity index (χ0) is 16.6. The van der Waals surface area contributed by atoms with Crippen LogP contribution in [-0.4, -0.2) is 16.3 Å². The summed E-state index contributed by atoms with van der Waals surface area (Å²) in [7, 11) is 0. The molecule has 1 heteroatoms. The van der Waals surface area contributed by atoms with Gasteiger partial charge in [0.25, 0.3) is 16.3 Å². The third-order valence-electron chi connectivity index (χ3n) is 6.28. The maximum absolute atomic E-state index is 2.38. The summed E-state index contributed by atoms with van der Waals surface area (Å²) < 4.78 is 1.53. The van der Waals surface area contributed by atoms with Crippen LogP contribution < -0.4 is 4.43 Å². The van der Waals surface area contributed by atoms with E-state index in [4.69, 9.17) is 0 Å². The van der Waals surface area contributed by atoms with Crippen molar-refractivity contribution < 1.29 is 0 Å². The molecule has 0 saturated heterocycles. The predicted molar refractivity (Wildman–Crippen MR) is 107 cm³/mol. The standard InChI is InChI=1S/C23H19.Al.2H/c1-13-5-4-6-16-7-8-18-12-19-10-9-17-11-14(2)15(3)21(17)23(19)22(18)20(13)16;;;/h4,6-10H,11-12H2,1-3H3;;;. The summed E-state index contributed by atoms with van der Waals surface area (Å²) in [4.78, 5) is 0. The highest BCUT2D eigenvalue weighted by molar-refractivity contribution is 6.35. The molecule has 2 aliphatic carbocycles. The zero-order valence-corrected chi connectivity index (χ0v) is 16.9. The molecule has 0 bridgehead atoms. The molecule has 0 fully saturated rings. The summed E-state index contributed by atoms with van der Waals surface area (Å²) in [5.41, 5.74) is 13.7. The summed E-state index contributed by atoms with van der Waals surface area (Å²) in [5, 5.41) is 2.90. The lowest BCUT2D eigenvalue weighted by Gasteiger charge is -2.15. The van der Waals surface area contributed by atoms with E-state index in [0.717, 1.165) is 29.1 Å². The lowest BCUT2D eigenvalue weighted by molar-refractivity contribution is 1.18. The van der Waals surface area contributed by atoms with Crippen molar-refractivity contribution in [2.45, 2.75) is 33.6 Å². The van der Waals surface area contributed by atoms with Gasteiger partial charge in [0.1, 0.15) is 0 Å². The fourth-order valence-corrected chi connectivity index (χ4v) is 5.13. The molecule has 0 N–H and O–H groups in total. The van der Waals surface area contributed by atoms with Crippen molar-refractivity contribution in [1.29, 1.82) is 0 Å². The lowest BCUT2D eigenvalue weighted by atomic mass is 9.89. The topological polar surface area (TPSA) is 0 Å².